The summed E-state index contributed by atoms with van der Waals surface area (Å²) in [6.07, 6.45) is 3.35. The molecule has 0 unspecified atom stereocenters. The van der Waals surface area contributed by atoms with Crippen LogP contribution in [0.3, 0.4) is 0 Å². The summed E-state index contributed by atoms with van der Waals surface area (Å²) in [5, 5.41) is 4.76. The third-order valence-corrected chi connectivity index (χ3v) is 8.38. The number of likely N-dealkylation sites (N-methyl/N-ethyl adjacent to an activating group) is 1. The standard InChI is InChI=1S/C25H33N5O4S/c1-6-9-21-19(7-2)17(4)23-25(31)26-24(27-30(21)23)20-16-18(10-11-22(20)34-8-3)35(32,33)29-14-12-28(5)13-15-29/h7,10-11,16H,2,6,8-9,12-15H2,1,3-5H3,(H,26,27,31). The number of nitrogens with one attached hydrogen (secondary N) is 1. The number of nitrogens with zero attached hydrogens (tertiary/aromatic N) is 4. The lowest BCUT2D eigenvalue weighted by atomic mass is 10.1. The first kappa shape index (κ1) is 25.2. The maximum absolute atomic E-state index is 13.4. The fraction of sp³-hybridized carbons (Fsp3) is 0.440. The molecule has 3 heterocycles. The van der Waals surface area contributed by atoms with Crippen molar-refractivity contribution < 1.29 is 13.2 Å². The number of sulfonamides is 1. The van der Waals surface area contributed by atoms with Crippen molar-refractivity contribution in [2.45, 2.75) is 38.5 Å². The van der Waals surface area contributed by atoms with Gasteiger partial charge in [0.25, 0.3) is 5.56 Å². The molecule has 0 spiro atoms. The predicted octanol–water partition coefficient (Wildman–Crippen LogP) is 2.93. The van der Waals surface area contributed by atoms with Crippen LogP contribution in [0.1, 0.15) is 37.1 Å². The van der Waals surface area contributed by atoms with E-state index in [1.54, 1.807) is 28.8 Å². The highest BCUT2D eigenvalue weighted by atomic mass is 32.2. The Labute approximate surface area is 206 Å². The van der Waals surface area contributed by atoms with Gasteiger partial charge in [-0.3, -0.25) is 4.79 Å². The summed E-state index contributed by atoms with van der Waals surface area (Å²) in [5.41, 5.74) is 3.22. The molecule has 1 fully saturated rings. The van der Waals surface area contributed by atoms with Gasteiger partial charge in [-0.1, -0.05) is 26.0 Å². The summed E-state index contributed by atoms with van der Waals surface area (Å²) < 4.78 is 35.8. The van der Waals surface area contributed by atoms with Gasteiger partial charge in [-0.15, -0.1) is 5.10 Å². The molecule has 4 rings (SSSR count). The first-order chi connectivity index (χ1) is 16.7. The van der Waals surface area contributed by atoms with Gasteiger partial charge in [-0.05, 0) is 51.1 Å². The molecule has 0 atom stereocenters. The number of fused-ring (bicyclic) bond motifs is 1. The van der Waals surface area contributed by atoms with E-state index in [2.05, 4.69) is 23.4 Å². The molecule has 2 aromatic heterocycles. The summed E-state index contributed by atoms with van der Waals surface area (Å²) in [4.78, 5) is 18.3. The Morgan fingerprint density at radius 2 is 1.91 bits per heavy atom. The number of rotatable bonds is 8. The van der Waals surface area contributed by atoms with E-state index in [9.17, 15) is 13.2 Å². The van der Waals surface area contributed by atoms with Crippen LogP contribution in [0.15, 0.2) is 34.5 Å². The SMILES string of the molecule is C=Cc1c(C)c2c(=O)[nH]c(-c3cc(S(=O)(=O)N4CCN(C)CC4)ccc3OCC)nn2c1CCC. The third kappa shape index (κ3) is 4.53. The van der Waals surface area contributed by atoms with E-state index in [-0.39, 0.29) is 16.3 Å². The highest BCUT2D eigenvalue weighted by Crippen LogP contribution is 2.32. The molecule has 35 heavy (non-hydrogen) atoms. The van der Waals surface area contributed by atoms with Crippen molar-refractivity contribution in [2.24, 2.45) is 0 Å². The van der Waals surface area contributed by atoms with Crippen LogP contribution in [0, 0.1) is 6.92 Å². The van der Waals surface area contributed by atoms with Gasteiger partial charge in [0.1, 0.15) is 11.3 Å². The van der Waals surface area contributed by atoms with E-state index in [1.165, 1.54) is 4.31 Å². The van der Waals surface area contributed by atoms with Gasteiger partial charge in [0, 0.05) is 31.7 Å². The average Bonchev–Trinajstić information content (AvgIpc) is 3.11. The minimum atomic E-state index is -3.71. The Morgan fingerprint density at radius 1 is 1.20 bits per heavy atom. The summed E-state index contributed by atoms with van der Waals surface area (Å²) in [7, 11) is -1.74. The molecule has 1 saturated heterocycles. The van der Waals surface area contributed by atoms with E-state index in [4.69, 9.17) is 9.84 Å². The highest BCUT2D eigenvalue weighted by molar-refractivity contribution is 7.89. The molecule has 188 valence electrons. The lowest BCUT2D eigenvalue weighted by Crippen LogP contribution is -2.47. The number of piperazine rings is 1. The molecule has 0 saturated carbocycles. The number of benzene rings is 1. The second kappa shape index (κ2) is 9.96. The van der Waals surface area contributed by atoms with Crippen molar-refractivity contribution in [3.05, 3.63) is 52.0 Å². The zero-order valence-corrected chi connectivity index (χ0v) is 21.6. The molecule has 1 aliphatic rings. The van der Waals surface area contributed by atoms with Crippen molar-refractivity contribution >= 4 is 21.6 Å². The molecule has 0 aliphatic carbocycles. The Hall–Kier alpha value is -2.95. The van der Waals surface area contributed by atoms with Gasteiger partial charge in [0.2, 0.25) is 10.0 Å². The van der Waals surface area contributed by atoms with Crippen LogP contribution in [0.2, 0.25) is 0 Å². The second-order valence-electron chi connectivity index (χ2n) is 8.80. The monoisotopic (exact) mass is 499 g/mol. The zero-order valence-electron chi connectivity index (χ0n) is 20.8. The summed E-state index contributed by atoms with van der Waals surface area (Å²) in [6.45, 7) is 12.3. The van der Waals surface area contributed by atoms with Crippen molar-refractivity contribution in [1.82, 2.24) is 23.8 Å². The molecule has 0 amide bonds. The van der Waals surface area contributed by atoms with Gasteiger partial charge in [0.05, 0.1) is 22.8 Å². The van der Waals surface area contributed by atoms with Crippen molar-refractivity contribution in [3.8, 4) is 17.1 Å². The number of aromatic nitrogens is 3. The van der Waals surface area contributed by atoms with Crippen LogP contribution >= 0.6 is 0 Å². The fourth-order valence-corrected chi connectivity index (χ4v) is 6.05. The molecule has 1 N–H and O–H groups in total. The third-order valence-electron chi connectivity index (χ3n) is 6.48. The molecule has 1 aromatic carbocycles. The minimum absolute atomic E-state index is 0.146. The van der Waals surface area contributed by atoms with Gasteiger partial charge in [-0.25, -0.2) is 12.9 Å². The molecular weight excluding hydrogens is 466 g/mol. The topological polar surface area (TPSA) is 100 Å². The van der Waals surface area contributed by atoms with Crippen molar-refractivity contribution in [3.63, 3.8) is 0 Å². The van der Waals surface area contributed by atoms with Gasteiger partial charge in [-0.2, -0.15) is 4.31 Å². The van der Waals surface area contributed by atoms with Crippen LogP contribution in [0.4, 0.5) is 0 Å². The smallest absolute Gasteiger partial charge is 0.275 e. The summed E-state index contributed by atoms with van der Waals surface area (Å²) >= 11 is 0. The Bertz CT molecular complexity index is 1420. The van der Waals surface area contributed by atoms with E-state index in [1.807, 2.05) is 20.9 Å². The Balaban J connectivity index is 1.90. The number of H-pyrrole nitrogens is 1. The average molecular weight is 500 g/mol. The van der Waals surface area contributed by atoms with Crippen LogP contribution < -0.4 is 10.3 Å². The lowest BCUT2D eigenvalue weighted by Gasteiger charge is -2.31. The molecule has 0 bridgehead atoms. The van der Waals surface area contributed by atoms with Gasteiger partial charge < -0.3 is 14.6 Å². The normalized spacial score (nSPS) is 15.5. The van der Waals surface area contributed by atoms with E-state index >= 15 is 0 Å². The number of ether oxygens (including phenoxy) is 1. The summed E-state index contributed by atoms with van der Waals surface area (Å²) in [5.74, 6) is 0.710. The first-order valence-electron chi connectivity index (χ1n) is 12.0. The fourth-order valence-electron chi connectivity index (χ4n) is 4.60. The molecule has 9 nitrogen and oxygen atoms in total. The van der Waals surface area contributed by atoms with Gasteiger partial charge >= 0.3 is 0 Å². The van der Waals surface area contributed by atoms with E-state index in [0.29, 0.717) is 49.6 Å². The van der Waals surface area contributed by atoms with E-state index < -0.39 is 10.0 Å². The maximum Gasteiger partial charge on any atom is 0.275 e. The molecular formula is C25H33N5O4S. The Morgan fingerprint density at radius 3 is 2.54 bits per heavy atom. The lowest BCUT2D eigenvalue weighted by molar-refractivity contribution is 0.222. The van der Waals surface area contributed by atoms with Crippen LogP contribution in [0.5, 0.6) is 5.75 Å². The van der Waals surface area contributed by atoms with Gasteiger partial charge in [0.15, 0.2) is 5.82 Å². The molecule has 1 aliphatic heterocycles. The molecule has 0 radical (unpaired) electrons. The Kier molecular flexibility index (Phi) is 7.16. The predicted molar refractivity (Wildman–Crippen MR) is 137 cm³/mol. The van der Waals surface area contributed by atoms with Crippen molar-refractivity contribution in [1.29, 1.82) is 0 Å². The van der Waals surface area contributed by atoms with E-state index in [0.717, 1.165) is 29.7 Å². The highest BCUT2D eigenvalue weighted by Gasteiger charge is 2.29. The number of aryl methyl sites for hydroxylation is 2. The molecule has 3 aromatic rings. The number of hydrogen-bond acceptors (Lipinski definition) is 6. The van der Waals surface area contributed by atoms with Crippen LogP contribution in [-0.4, -0.2) is 72.1 Å². The zero-order chi connectivity index (χ0) is 25.3. The first-order valence-corrected chi connectivity index (χ1v) is 13.4. The molecule has 10 heteroatoms. The largest absolute Gasteiger partial charge is 0.493 e. The van der Waals surface area contributed by atoms with Crippen molar-refractivity contribution in [2.75, 3.05) is 39.8 Å². The van der Waals surface area contributed by atoms with Crippen LogP contribution in [0.25, 0.3) is 23.0 Å². The maximum atomic E-state index is 13.4. The number of hydrogen-bond donors (Lipinski definition) is 1. The number of aromatic amines is 1. The minimum Gasteiger partial charge on any atom is -0.493 e. The second-order valence-corrected chi connectivity index (χ2v) is 10.7. The quantitative estimate of drug-likeness (QED) is 0.512. The van der Waals surface area contributed by atoms with Crippen LogP contribution in [-0.2, 0) is 16.4 Å². The summed E-state index contributed by atoms with van der Waals surface area (Å²) in [6, 6.07) is 4.74.